The molecular formula is C28H28N4O2. The van der Waals surface area contributed by atoms with E-state index in [0.29, 0.717) is 11.5 Å². The molecule has 4 aromatic rings. The van der Waals surface area contributed by atoms with Gasteiger partial charge in [-0.25, -0.2) is 9.97 Å². The molecule has 1 fully saturated rings. The largest absolute Gasteiger partial charge is 0.491 e. The summed E-state index contributed by atoms with van der Waals surface area (Å²) in [6.45, 7) is 6.02. The topological polar surface area (TPSA) is 67.3 Å². The predicted octanol–water partition coefficient (Wildman–Crippen LogP) is 5.94. The van der Waals surface area contributed by atoms with Gasteiger partial charge in [0, 0.05) is 24.0 Å². The van der Waals surface area contributed by atoms with Crippen LogP contribution in [-0.2, 0) is 0 Å². The van der Waals surface area contributed by atoms with Crippen LogP contribution in [0.5, 0.6) is 5.75 Å². The lowest BCUT2D eigenvalue weighted by molar-refractivity contribution is 0.102. The normalized spacial score (nSPS) is 13.4. The molecule has 0 saturated carbocycles. The first-order valence-electron chi connectivity index (χ1n) is 11.8. The van der Waals surface area contributed by atoms with Crippen LogP contribution in [0.2, 0.25) is 0 Å². The van der Waals surface area contributed by atoms with Crippen molar-refractivity contribution >= 4 is 28.4 Å². The van der Waals surface area contributed by atoms with Gasteiger partial charge in [0.15, 0.2) is 0 Å². The second-order valence-electron chi connectivity index (χ2n) is 8.80. The molecule has 0 aliphatic carbocycles. The molecule has 6 nitrogen and oxygen atoms in total. The minimum atomic E-state index is -0.278. The number of benzene rings is 2. The molecular weight excluding hydrogens is 424 g/mol. The molecule has 34 heavy (non-hydrogen) atoms. The fourth-order valence-corrected chi connectivity index (χ4v) is 4.31. The molecule has 0 unspecified atom stereocenters. The molecule has 0 spiro atoms. The maximum atomic E-state index is 13.1. The molecule has 2 aromatic heterocycles. The van der Waals surface area contributed by atoms with Crippen LogP contribution < -0.4 is 15.0 Å². The zero-order valence-electron chi connectivity index (χ0n) is 19.5. The number of pyridine rings is 2. The number of fused-ring (bicyclic) bond motifs is 1. The third-order valence-electron chi connectivity index (χ3n) is 5.88. The lowest BCUT2D eigenvalue weighted by atomic mass is 10.0. The van der Waals surface area contributed by atoms with Crippen LogP contribution in [0.1, 0.15) is 37.2 Å². The molecule has 1 N–H and O–H groups in total. The number of para-hydroxylation sites is 1. The average molecular weight is 453 g/mol. The summed E-state index contributed by atoms with van der Waals surface area (Å²) >= 11 is 0. The van der Waals surface area contributed by atoms with E-state index >= 15 is 0 Å². The SMILES string of the molecule is CC(C)Oc1cccc(-c2cccc3ccc(C(=O)Nc4cccc(N5CCCC5)n4)nc23)c1. The van der Waals surface area contributed by atoms with Crippen LogP contribution in [0, 0.1) is 0 Å². The number of amides is 1. The third kappa shape index (κ3) is 4.71. The van der Waals surface area contributed by atoms with Crippen molar-refractivity contribution < 1.29 is 9.53 Å². The Kier molecular flexibility index (Phi) is 6.12. The van der Waals surface area contributed by atoms with Gasteiger partial charge in [-0.2, -0.15) is 0 Å². The van der Waals surface area contributed by atoms with E-state index in [2.05, 4.69) is 15.2 Å². The highest BCUT2D eigenvalue weighted by molar-refractivity contribution is 6.05. The van der Waals surface area contributed by atoms with Crippen molar-refractivity contribution in [1.29, 1.82) is 0 Å². The van der Waals surface area contributed by atoms with Gasteiger partial charge in [0.1, 0.15) is 23.1 Å². The number of aromatic nitrogens is 2. The molecule has 172 valence electrons. The smallest absolute Gasteiger partial charge is 0.275 e. The van der Waals surface area contributed by atoms with E-state index in [1.54, 1.807) is 6.07 Å². The molecule has 1 aliphatic heterocycles. The van der Waals surface area contributed by atoms with Gasteiger partial charge in [0.05, 0.1) is 11.6 Å². The first kappa shape index (κ1) is 21.9. The highest BCUT2D eigenvalue weighted by Crippen LogP contribution is 2.30. The zero-order valence-corrected chi connectivity index (χ0v) is 19.5. The van der Waals surface area contributed by atoms with Crippen LogP contribution in [0.25, 0.3) is 22.0 Å². The molecule has 0 bridgehead atoms. The average Bonchev–Trinajstić information content (AvgIpc) is 3.38. The number of nitrogens with zero attached hydrogens (tertiary/aromatic N) is 3. The molecule has 3 heterocycles. The lowest BCUT2D eigenvalue weighted by Crippen LogP contribution is -2.20. The van der Waals surface area contributed by atoms with E-state index in [1.165, 1.54) is 12.8 Å². The quantitative estimate of drug-likeness (QED) is 0.392. The van der Waals surface area contributed by atoms with Gasteiger partial charge in [-0.1, -0.05) is 42.5 Å². The fourth-order valence-electron chi connectivity index (χ4n) is 4.31. The highest BCUT2D eigenvalue weighted by Gasteiger charge is 2.16. The number of ether oxygens (including phenoxy) is 1. The second-order valence-corrected chi connectivity index (χ2v) is 8.80. The molecule has 1 amide bonds. The Bertz CT molecular complexity index is 1330. The molecule has 1 aliphatic rings. The van der Waals surface area contributed by atoms with Gasteiger partial charge in [0.25, 0.3) is 5.91 Å². The number of anilines is 2. The van der Waals surface area contributed by atoms with Crippen LogP contribution >= 0.6 is 0 Å². The predicted molar refractivity (Wildman–Crippen MR) is 137 cm³/mol. The van der Waals surface area contributed by atoms with Crippen LogP contribution in [0.4, 0.5) is 11.6 Å². The summed E-state index contributed by atoms with van der Waals surface area (Å²) in [4.78, 5) is 24.7. The lowest BCUT2D eigenvalue weighted by Gasteiger charge is -2.17. The number of carbonyl (C=O) groups is 1. The minimum absolute atomic E-state index is 0.0915. The first-order chi connectivity index (χ1) is 16.6. The van der Waals surface area contributed by atoms with Crippen molar-refractivity contribution in [3.63, 3.8) is 0 Å². The van der Waals surface area contributed by atoms with Gasteiger partial charge in [-0.3, -0.25) is 4.79 Å². The first-order valence-corrected chi connectivity index (χ1v) is 11.8. The summed E-state index contributed by atoms with van der Waals surface area (Å²) in [6, 6.07) is 23.4. The van der Waals surface area contributed by atoms with E-state index in [4.69, 9.17) is 9.72 Å². The Morgan fingerprint density at radius 2 is 1.74 bits per heavy atom. The zero-order chi connectivity index (χ0) is 23.5. The van der Waals surface area contributed by atoms with Gasteiger partial charge >= 0.3 is 0 Å². The van der Waals surface area contributed by atoms with Crippen molar-refractivity contribution in [1.82, 2.24) is 9.97 Å². The molecule has 0 atom stereocenters. The second kappa shape index (κ2) is 9.51. The number of carbonyl (C=O) groups excluding carboxylic acids is 1. The van der Waals surface area contributed by atoms with E-state index in [9.17, 15) is 4.79 Å². The summed E-state index contributed by atoms with van der Waals surface area (Å²) in [6.07, 6.45) is 2.44. The summed E-state index contributed by atoms with van der Waals surface area (Å²) in [5, 5.41) is 3.89. The van der Waals surface area contributed by atoms with E-state index in [1.807, 2.05) is 80.6 Å². The number of hydrogen-bond acceptors (Lipinski definition) is 5. The maximum absolute atomic E-state index is 13.1. The Morgan fingerprint density at radius 3 is 2.56 bits per heavy atom. The van der Waals surface area contributed by atoms with Crippen LogP contribution in [0.3, 0.4) is 0 Å². The van der Waals surface area contributed by atoms with E-state index < -0.39 is 0 Å². The van der Waals surface area contributed by atoms with Gasteiger partial charge in [0.2, 0.25) is 0 Å². The monoisotopic (exact) mass is 452 g/mol. The Labute approximate surface area is 199 Å². The standard InChI is InChI=1S/C28H28N4O2/c1-19(2)34-22-10-5-9-21(18-22)23-11-6-8-20-14-15-24(29-27(20)23)28(33)31-25-12-7-13-26(30-25)32-16-3-4-17-32/h5-15,18-19H,3-4,16-17H2,1-2H3,(H,30,31,33). The number of nitrogens with one attached hydrogen (secondary N) is 1. The van der Waals surface area contributed by atoms with E-state index in [-0.39, 0.29) is 12.0 Å². The van der Waals surface area contributed by atoms with Gasteiger partial charge in [-0.15, -0.1) is 0 Å². The molecule has 2 aromatic carbocycles. The molecule has 6 heteroatoms. The molecule has 0 radical (unpaired) electrons. The molecule has 5 rings (SSSR count). The van der Waals surface area contributed by atoms with Crippen molar-refractivity contribution in [2.24, 2.45) is 0 Å². The summed E-state index contributed by atoms with van der Waals surface area (Å²) in [5.74, 6) is 1.96. The maximum Gasteiger partial charge on any atom is 0.275 e. The van der Waals surface area contributed by atoms with Crippen LogP contribution in [0.15, 0.2) is 72.8 Å². The van der Waals surface area contributed by atoms with Crippen molar-refractivity contribution in [3.8, 4) is 16.9 Å². The summed E-state index contributed by atoms with van der Waals surface area (Å²) in [5.41, 5.74) is 3.07. The van der Waals surface area contributed by atoms with Gasteiger partial charge < -0.3 is 15.0 Å². The van der Waals surface area contributed by atoms with Crippen molar-refractivity contribution in [2.45, 2.75) is 32.8 Å². The van der Waals surface area contributed by atoms with Crippen molar-refractivity contribution in [2.75, 3.05) is 23.3 Å². The fraction of sp³-hybridized carbons (Fsp3) is 0.250. The van der Waals surface area contributed by atoms with Crippen molar-refractivity contribution in [3.05, 3.63) is 78.5 Å². The van der Waals surface area contributed by atoms with E-state index in [0.717, 1.165) is 46.7 Å². The van der Waals surface area contributed by atoms with Gasteiger partial charge in [-0.05, 0) is 62.6 Å². The highest BCUT2D eigenvalue weighted by atomic mass is 16.5. The minimum Gasteiger partial charge on any atom is -0.491 e. The summed E-state index contributed by atoms with van der Waals surface area (Å²) < 4.78 is 5.87. The Morgan fingerprint density at radius 1 is 0.941 bits per heavy atom. The Hall–Kier alpha value is -3.93. The number of hydrogen-bond donors (Lipinski definition) is 1. The van der Waals surface area contributed by atoms with Crippen LogP contribution in [-0.4, -0.2) is 35.1 Å². The third-order valence-corrected chi connectivity index (χ3v) is 5.88. The number of rotatable bonds is 6. The molecule has 1 saturated heterocycles. The summed E-state index contributed by atoms with van der Waals surface area (Å²) in [7, 11) is 0. The Balaban J connectivity index is 1.44.